The first kappa shape index (κ1) is 21.1. The van der Waals surface area contributed by atoms with E-state index in [9.17, 15) is 14.7 Å². The molecule has 4 rings (SSSR count). The van der Waals surface area contributed by atoms with Crippen LogP contribution in [-0.2, 0) is 9.59 Å². The molecule has 0 bridgehead atoms. The molecule has 0 aliphatic carbocycles. The number of hydrogen-bond acceptors (Lipinski definition) is 6. The topological polar surface area (TPSA) is 73.3 Å². The van der Waals surface area contributed by atoms with Crippen molar-refractivity contribution in [1.82, 2.24) is 9.80 Å². The number of β-amino-alcohol motifs (C(OH)–C–C–N with tert-alkyl or cyclic N) is 1. The van der Waals surface area contributed by atoms with Crippen molar-refractivity contribution >= 4 is 23.1 Å². The van der Waals surface area contributed by atoms with Gasteiger partial charge in [0, 0.05) is 38.3 Å². The van der Waals surface area contributed by atoms with Crippen LogP contribution >= 0.6 is 0 Å². The number of para-hydroxylation sites is 1. The molecule has 0 unspecified atom stereocenters. The number of ether oxygens (including phenoxy) is 1. The largest absolute Gasteiger partial charge is 0.496 e. The summed E-state index contributed by atoms with van der Waals surface area (Å²) in [5, 5.41) is 9.22. The lowest BCUT2D eigenvalue weighted by molar-refractivity contribution is -0.120. The smallest absolute Gasteiger partial charge is 0.282 e. The van der Waals surface area contributed by atoms with Crippen molar-refractivity contribution in [2.24, 2.45) is 0 Å². The molecule has 7 nitrogen and oxygen atoms in total. The van der Waals surface area contributed by atoms with Crippen molar-refractivity contribution in [2.45, 2.75) is 6.92 Å². The van der Waals surface area contributed by atoms with E-state index in [1.54, 1.807) is 19.2 Å². The van der Waals surface area contributed by atoms with Crippen LogP contribution in [0.5, 0.6) is 5.75 Å². The van der Waals surface area contributed by atoms with Crippen LogP contribution < -0.4 is 9.64 Å². The summed E-state index contributed by atoms with van der Waals surface area (Å²) in [5.74, 6) is -0.0961. The van der Waals surface area contributed by atoms with Gasteiger partial charge < -0.3 is 14.7 Å². The molecule has 2 aliphatic rings. The quantitative estimate of drug-likeness (QED) is 0.719. The molecule has 2 aliphatic heterocycles. The summed E-state index contributed by atoms with van der Waals surface area (Å²) >= 11 is 0. The summed E-state index contributed by atoms with van der Waals surface area (Å²) in [6.07, 6.45) is 0. The minimum Gasteiger partial charge on any atom is -0.496 e. The molecule has 0 aromatic heterocycles. The lowest BCUT2D eigenvalue weighted by Gasteiger charge is -2.36. The van der Waals surface area contributed by atoms with Crippen LogP contribution in [0.25, 0.3) is 5.57 Å². The Morgan fingerprint density at radius 2 is 1.71 bits per heavy atom. The molecule has 162 valence electrons. The van der Waals surface area contributed by atoms with Crippen molar-refractivity contribution in [2.75, 3.05) is 51.3 Å². The van der Waals surface area contributed by atoms with Crippen LogP contribution in [-0.4, -0.2) is 73.2 Å². The number of piperazine rings is 1. The van der Waals surface area contributed by atoms with Gasteiger partial charge in [-0.15, -0.1) is 0 Å². The number of nitrogens with zero attached hydrogens (tertiary/aromatic N) is 3. The van der Waals surface area contributed by atoms with E-state index in [1.807, 2.05) is 48.2 Å². The summed E-state index contributed by atoms with van der Waals surface area (Å²) in [7, 11) is 1.56. The predicted molar refractivity (Wildman–Crippen MR) is 119 cm³/mol. The van der Waals surface area contributed by atoms with Crippen molar-refractivity contribution in [3.05, 3.63) is 65.4 Å². The highest BCUT2D eigenvalue weighted by atomic mass is 16.5. The molecule has 0 atom stereocenters. The number of methoxy groups -OCH3 is 1. The predicted octanol–water partition coefficient (Wildman–Crippen LogP) is 1.90. The Labute approximate surface area is 182 Å². The lowest BCUT2D eigenvalue weighted by Crippen LogP contribution is -2.48. The standard InChI is InChI=1S/C24H27N3O4/c1-17-6-5-7-18(16-17)27-23(29)21(19-8-3-4-9-20(19)31-2)22(24(27)30)26-12-10-25(11-13-26)14-15-28/h3-9,16,28H,10-15H2,1-2H3. The number of aliphatic hydroxyl groups excluding tert-OH is 1. The third kappa shape index (κ3) is 3.94. The molecule has 1 N–H and O–H groups in total. The molecule has 1 saturated heterocycles. The Balaban J connectivity index is 1.78. The molecular weight excluding hydrogens is 394 g/mol. The summed E-state index contributed by atoms with van der Waals surface area (Å²) in [6, 6.07) is 14.7. The summed E-state index contributed by atoms with van der Waals surface area (Å²) in [5.41, 5.74) is 2.95. The van der Waals surface area contributed by atoms with E-state index in [2.05, 4.69) is 4.90 Å². The van der Waals surface area contributed by atoms with Gasteiger partial charge in [-0.25, -0.2) is 4.90 Å². The van der Waals surface area contributed by atoms with E-state index in [0.717, 1.165) is 18.7 Å². The second-order valence-corrected chi connectivity index (χ2v) is 7.76. The number of aryl methyl sites for hydroxylation is 1. The molecule has 2 aromatic carbocycles. The van der Waals surface area contributed by atoms with E-state index in [1.165, 1.54) is 4.90 Å². The highest BCUT2D eigenvalue weighted by Gasteiger charge is 2.43. The van der Waals surface area contributed by atoms with Crippen LogP contribution in [0.15, 0.2) is 54.2 Å². The number of aliphatic hydroxyl groups is 1. The fraction of sp³-hybridized carbons (Fsp3) is 0.333. The number of carbonyl (C=O) groups is 2. The zero-order chi connectivity index (χ0) is 22.0. The van der Waals surface area contributed by atoms with Gasteiger partial charge in [0.1, 0.15) is 11.4 Å². The first-order valence-corrected chi connectivity index (χ1v) is 10.5. The van der Waals surface area contributed by atoms with Crippen LogP contribution in [0.3, 0.4) is 0 Å². The van der Waals surface area contributed by atoms with E-state index < -0.39 is 0 Å². The Bertz CT molecular complexity index is 1020. The Morgan fingerprint density at radius 1 is 0.968 bits per heavy atom. The average molecular weight is 421 g/mol. The zero-order valence-corrected chi connectivity index (χ0v) is 17.9. The van der Waals surface area contributed by atoms with Crippen molar-refractivity contribution < 1.29 is 19.4 Å². The number of rotatable bonds is 6. The molecule has 2 heterocycles. The maximum Gasteiger partial charge on any atom is 0.282 e. The van der Waals surface area contributed by atoms with Crippen LogP contribution in [0.2, 0.25) is 0 Å². The van der Waals surface area contributed by atoms with Crippen LogP contribution in [0, 0.1) is 6.92 Å². The highest BCUT2D eigenvalue weighted by molar-refractivity contribution is 6.45. The third-order valence-corrected chi connectivity index (χ3v) is 5.80. The second kappa shape index (κ2) is 8.91. The number of anilines is 1. The van der Waals surface area contributed by atoms with Gasteiger partial charge in [-0.2, -0.15) is 0 Å². The molecule has 1 fully saturated rings. The van der Waals surface area contributed by atoms with Gasteiger partial charge in [-0.1, -0.05) is 30.3 Å². The van der Waals surface area contributed by atoms with Crippen molar-refractivity contribution in [3.63, 3.8) is 0 Å². The summed E-state index contributed by atoms with van der Waals surface area (Å²) in [6.45, 7) is 5.29. The van der Waals surface area contributed by atoms with E-state index in [-0.39, 0.29) is 18.4 Å². The molecule has 2 amide bonds. The number of imide groups is 1. The maximum atomic E-state index is 13.6. The molecular formula is C24H27N3O4. The minimum absolute atomic E-state index is 0.105. The van der Waals surface area contributed by atoms with Gasteiger partial charge in [0.25, 0.3) is 11.8 Å². The highest BCUT2D eigenvalue weighted by Crippen LogP contribution is 2.38. The normalized spacial score (nSPS) is 17.6. The molecule has 31 heavy (non-hydrogen) atoms. The first-order chi connectivity index (χ1) is 15.0. The van der Waals surface area contributed by atoms with E-state index in [4.69, 9.17) is 4.74 Å². The van der Waals surface area contributed by atoms with Crippen LogP contribution in [0.1, 0.15) is 11.1 Å². The molecule has 2 aromatic rings. The van der Waals surface area contributed by atoms with Crippen molar-refractivity contribution in [3.8, 4) is 5.75 Å². The Kier molecular flexibility index (Phi) is 6.06. The zero-order valence-electron chi connectivity index (χ0n) is 17.9. The summed E-state index contributed by atoms with van der Waals surface area (Å²) < 4.78 is 5.52. The fourth-order valence-electron chi connectivity index (χ4n) is 4.24. The SMILES string of the molecule is COc1ccccc1C1=C(N2CCN(CCO)CC2)C(=O)N(c2cccc(C)c2)C1=O. The first-order valence-electron chi connectivity index (χ1n) is 10.5. The van der Waals surface area contributed by atoms with Crippen molar-refractivity contribution in [1.29, 1.82) is 0 Å². The molecule has 0 saturated carbocycles. The van der Waals surface area contributed by atoms with Gasteiger partial charge in [-0.3, -0.25) is 14.5 Å². The monoisotopic (exact) mass is 421 g/mol. The van der Waals surface area contributed by atoms with E-state index in [0.29, 0.717) is 47.9 Å². The molecule has 0 radical (unpaired) electrons. The average Bonchev–Trinajstić information content (AvgIpc) is 3.04. The van der Waals surface area contributed by atoms with Gasteiger partial charge >= 0.3 is 0 Å². The maximum absolute atomic E-state index is 13.6. The fourth-order valence-corrected chi connectivity index (χ4v) is 4.24. The van der Waals surface area contributed by atoms with Gasteiger partial charge in [0.2, 0.25) is 0 Å². The van der Waals surface area contributed by atoms with E-state index >= 15 is 0 Å². The Morgan fingerprint density at radius 3 is 2.39 bits per heavy atom. The van der Waals surface area contributed by atoms with Gasteiger partial charge in [0.05, 0.1) is 25.0 Å². The Hall–Kier alpha value is -3.16. The minimum atomic E-state index is -0.340. The summed E-state index contributed by atoms with van der Waals surface area (Å²) in [4.78, 5) is 32.7. The number of carbonyl (C=O) groups excluding carboxylic acids is 2. The van der Waals surface area contributed by atoms with Crippen LogP contribution in [0.4, 0.5) is 5.69 Å². The number of hydrogen-bond donors (Lipinski definition) is 1. The number of benzene rings is 2. The second-order valence-electron chi connectivity index (χ2n) is 7.76. The molecule has 0 spiro atoms. The van der Waals surface area contributed by atoms with Gasteiger partial charge in [-0.05, 0) is 30.7 Å². The van der Waals surface area contributed by atoms with Gasteiger partial charge in [0.15, 0.2) is 0 Å². The molecule has 7 heteroatoms. The lowest BCUT2D eigenvalue weighted by atomic mass is 10.0. The number of amides is 2. The third-order valence-electron chi connectivity index (χ3n) is 5.80.